The molecule has 0 spiro atoms. The summed E-state index contributed by atoms with van der Waals surface area (Å²) >= 11 is 11.2. The molecule has 1 atom stereocenters. The molecule has 4 nitrogen and oxygen atoms in total. The minimum absolute atomic E-state index is 0. The number of unbranched alkanes of at least 4 members (excludes halogenated alkanes) is 8. The summed E-state index contributed by atoms with van der Waals surface area (Å²) in [5.74, 6) is 7.81. The second-order valence-corrected chi connectivity index (χ2v) is 9.12. The maximum absolute atomic E-state index is 5.61. The van der Waals surface area contributed by atoms with E-state index in [1.54, 1.807) is 0 Å². The monoisotopic (exact) mass is 600 g/mol. The average Bonchev–Trinajstić information content (AvgIpc) is 2.93. The van der Waals surface area contributed by atoms with Crippen molar-refractivity contribution >= 4 is 32.4 Å². The van der Waals surface area contributed by atoms with Crippen molar-refractivity contribution in [1.29, 1.82) is 0 Å². The second kappa shape index (κ2) is 41.6. The maximum Gasteiger partial charge on any atom is 0.157 e. The minimum Gasteiger partial charge on any atom is -0.353 e. The van der Waals surface area contributed by atoms with Crippen LogP contribution in [-0.4, -0.2) is 57.4 Å². The molecule has 7 heteroatoms. The van der Waals surface area contributed by atoms with E-state index in [2.05, 4.69) is 33.2 Å². The van der Waals surface area contributed by atoms with E-state index in [-0.39, 0.29) is 14.0 Å². The summed E-state index contributed by atoms with van der Waals surface area (Å²) in [5.41, 5.74) is 0. The van der Waals surface area contributed by atoms with Gasteiger partial charge in [-0.2, -0.15) is 0 Å². The van der Waals surface area contributed by atoms with Gasteiger partial charge >= 0.3 is 0 Å². The molecule has 0 radical (unpaired) electrons. The molecule has 0 saturated carbocycles. The van der Waals surface area contributed by atoms with Crippen LogP contribution in [0.2, 0.25) is 0 Å². The number of allylic oxidation sites excluding steroid dienone is 2. The average molecular weight is 602 g/mol. The summed E-state index contributed by atoms with van der Waals surface area (Å²) in [6, 6.07) is 0. The first-order valence-corrected chi connectivity index (χ1v) is 17.2. The van der Waals surface area contributed by atoms with Crippen molar-refractivity contribution in [2.45, 2.75) is 130 Å². The third-order valence-electron chi connectivity index (χ3n) is 5.19. The summed E-state index contributed by atoms with van der Waals surface area (Å²) in [5, 5.41) is 0. The Hall–Kier alpha value is 0.150. The van der Waals surface area contributed by atoms with Gasteiger partial charge in [0.05, 0.1) is 0 Å². The van der Waals surface area contributed by atoms with Crippen LogP contribution in [0.1, 0.15) is 119 Å². The van der Waals surface area contributed by atoms with Crippen LogP contribution in [-0.2, 0) is 18.9 Å². The Labute approximate surface area is 251 Å². The molecule has 0 amide bonds. The van der Waals surface area contributed by atoms with E-state index in [0.29, 0.717) is 5.88 Å². The SMILES string of the molecule is CCOC(CCCCC/C=C\CCCCl)OCC.CCOC(CCCCCC#CCCCCl)OCC.CP.[HH]. The van der Waals surface area contributed by atoms with E-state index in [1.165, 1.54) is 38.5 Å². The summed E-state index contributed by atoms with van der Waals surface area (Å²) in [6.45, 7) is 12.8. The smallest absolute Gasteiger partial charge is 0.157 e. The quantitative estimate of drug-likeness (QED) is 0.0276. The molecule has 0 aromatic rings. The molecule has 0 aliphatic rings. The van der Waals surface area contributed by atoms with Crippen LogP contribution in [0, 0.1) is 11.8 Å². The van der Waals surface area contributed by atoms with Gasteiger partial charge in [-0.15, -0.1) is 44.3 Å². The van der Waals surface area contributed by atoms with Crippen LogP contribution in [0.5, 0.6) is 0 Å². The number of alkyl halides is 2. The van der Waals surface area contributed by atoms with Crippen molar-refractivity contribution in [3.63, 3.8) is 0 Å². The lowest BCUT2D eigenvalue weighted by Gasteiger charge is -2.16. The fraction of sp³-hybridized carbons (Fsp3) is 0.871. The van der Waals surface area contributed by atoms with Crippen molar-refractivity contribution in [2.24, 2.45) is 0 Å². The molecular weight excluding hydrogens is 538 g/mol. The highest BCUT2D eigenvalue weighted by atomic mass is 35.5. The van der Waals surface area contributed by atoms with Crippen LogP contribution < -0.4 is 0 Å². The van der Waals surface area contributed by atoms with E-state index in [9.17, 15) is 0 Å². The van der Waals surface area contributed by atoms with E-state index in [4.69, 9.17) is 42.1 Å². The third-order valence-corrected chi connectivity index (χ3v) is 5.73. The lowest BCUT2D eigenvalue weighted by atomic mass is 10.1. The number of hydrogen-bond donors (Lipinski definition) is 0. The highest BCUT2D eigenvalue weighted by Gasteiger charge is 2.07. The summed E-state index contributed by atoms with van der Waals surface area (Å²) in [4.78, 5) is 0. The first kappa shape index (κ1) is 42.6. The fourth-order valence-electron chi connectivity index (χ4n) is 3.39. The van der Waals surface area contributed by atoms with Gasteiger partial charge in [0.1, 0.15) is 0 Å². The van der Waals surface area contributed by atoms with E-state index >= 15 is 0 Å². The van der Waals surface area contributed by atoms with Gasteiger partial charge in [0, 0.05) is 52.5 Å². The Morgan fingerprint density at radius 2 is 0.974 bits per heavy atom. The van der Waals surface area contributed by atoms with Gasteiger partial charge in [0.25, 0.3) is 0 Å². The minimum atomic E-state index is -0.0187. The first-order valence-electron chi connectivity index (χ1n) is 15.0. The van der Waals surface area contributed by atoms with Gasteiger partial charge in [0.15, 0.2) is 12.6 Å². The highest BCUT2D eigenvalue weighted by molar-refractivity contribution is 7.15. The van der Waals surface area contributed by atoms with Crippen molar-refractivity contribution in [1.82, 2.24) is 0 Å². The molecule has 0 heterocycles. The van der Waals surface area contributed by atoms with E-state index in [1.807, 2.05) is 34.4 Å². The van der Waals surface area contributed by atoms with Crippen LogP contribution in [0.15, 0.2) is 12.2 Å². The van der Waals surface area contributed by atoms with Crippen LogP contribution >= 0.6 is 32.4 Å². The number of rotatable bonds is 24. The Kier molecular flexibility index (Phi) is 46.7. The van der Waals surface area contributed by atoms with Crippen molar-refractivity contribution in [2.75, 3.05) is 44.9 Å². The molecule has 0 saturated heterocycles. The molecule has 38 heavy (non-hydrogen) atoms. The normalized spacial score (nSPS) is 10.7. The Balaban J connectivity index is -0.000000288. The maximum atomic E-state index is 5.61. The van der Waals surface area contributed by atoms with E-state index in [0.717, 1.165) is 83.7 Å². The molecule has 0 N–H and O–H groups in total. The van der Waals surface area contributed by atoms with E-state index < -0.39 is 0 Å². The zero-order valence-electron chi connectivity index (χ0n) is 25.4. The molecule has 0 aliphatic carbocycles. The Bertz CT molecular complexity index is 493. The van der Waals surface area contributed by atoms with Crippen LogP contribution in [0.25, 0.3) is 0 Å². The van der Waals surface area contributed by atoms with Gasteiger partial charge in [-0.25, -0.2) is 0 Å². The molecule has 0 aliphatic heterocycles. The zero-order chi connectivity index (χ0) is 29.0. The molecule has 0 aromatic carbocycles. The largest absolute Gasteiger partial charge is 0.353 e. The van der Waals surface area contributed by atoms with Crippen molar-refractivity contribution < 1.29 is 20.4 Å². The second-order valence-electron chi connectivity index (χ2n) is 8.37. The van der Waals surface area contributed by atoms with Crippen LogP contribution in [0.4, 0.5) is 0 Å². The summed E-state index contributed by atoms with van der Waals surface area (Å²) in [6.07, 6.45) is 20.0. The molecule has 0 fully saturated rings. The van der Waals surface area contributed by atoms with Crippen LogP contribution in [0.3, 0.4) is 0 Å². The van der Waals surface area contributed by atoms with Gasteiger partial charge in [0.2, 0.25) is 0 Å². The number of ether oxygens (including phenoxy) is 4. The lowest BCUT2D eigenvalue weighted by Crippen LogP contribution is -2.17. The first-order chi connectivity index (χ1) is 18.7. The third kappa shape index (κ3) is 38.3. The highest BCUT2D eigenvalue weighted by Crippen LogP contribution is 2.11. The number of hydrogen-bond acceptors (Lipinski definition) is 4. The van der Waals surface area contributed by atoms with Gasteiger partial charge < -0.3 is 18.9 Å². The lowest BCUT2D eigenvalue weighted by molar-refractivity contribution is -0.140. The predicted octanol–water partition coefficient (Wildman–Crippen LogP) is 10.0. The topological polar surface area (TPSA) is 36.9 Å². The Morgan fingerprint density at radius 3 is 1.39 bits per heavy atom. The zero-order valence-corrected chi connectivity index (χ0v) is 28.1. The Morgan fingerprint density at radius 1 is 0.579 bits per heavy atom. The van der Waals surface area contributed by atoms with Gasteiger partial charge in [-0.3, -0.25) is 0 Å². The molecular formula is C31H63Cl2O4P. The molecule has 0 bridgehead atoms. The van der Waals surface area contributed by atoms with Gasteiger partial charge in [-0.1, -0.05) is 31.7 Å². The van der Waals surface area contributed by atoms with Crippen molar-refractivity contribution in [3.8, 4) is 11.8 Å². The molecule has 0 aromatic heterocycles. The number of halogens is 2. The summed E-state index contributed by atoms with van der Waals surface area (Å²) < 4.78 is 22.0. The molecule has 1 unspecified atom stereocenters. The fourth-order valence-corrected chi connectivity index (χ4v) is 3.67. The molecule has 0 rings (SSSR count). The summed E-state index contributed by atoms with van der Waals surface area (Å²) in [7, 11) is 2.42. The molecule has 230 valence electrons. The van der Waals surface area contributed by atoms with Crippen molar-refractivity contribution in [3.05, 3.63) is 12.2 Å². The standard InChI is InChI=1S/C15H29ClO2.C15H27ClO2.CH5P.H2/c2*1-3-17-15(18-4-2)13-11-9-7-5-6-8-10-12-14-16;1-2;/h6,8,15H,3-5,7,9-14H2,1-2H3;15H,3-5,7,9-14H2,1-2H3;2H2,1H3;1H/b8-6-;;;. The predicted molar refractivity (Wildman–Crippen MR) is 175 cm³/mol. The van der Waals surface area contributed by atoms with Gasteiger partial charge in [-0.05, 0) is 91.9 Å².